The highest BCUT2D eigenvalue weighted by molar-refractivity contribution is 5.56. The van der Waals surface area contributed by atoms with E-state index in [-0.39, 0.29) is 5.92 Å². The lowest BCUT2D eigenvalue weighted by molar-refractivity contribution is 0.261. The molecule has 0 aliphatic rings. The minimum Gasteiger partial charge on any atom is -0.368 e. The van der Waals surface area contributed by atoms with E-state index in [0.717, 1.165) is 36.7 Å². The first-order chi connectivity index (χ1) is 9.90. The summed E-state index contributed by atoms with van der Waals surface area (Å²) in [6.07, 6.45) is 1.15. The van der Waals surface area contributed by atoms with Crippen LogP contribution in [0.5, 0.6) is 0 Å². The minimum absolute atomic E-state index is 0.265. The summed E-state index contributed by atoms with van der Waals surface area (Å²) in [6, 6.07) is 0.589. The summed E-state index contributed by atoms with van der Waals surface area (Å²) in [5.41, 5.74) is 3.61. The molecule has 0 aliphatic heterocycles. The topological polar surface area (TPSA) is 79.1 Å². The Morgan fingerprint density at radius 2 is 1.81 bits per heavy atom. The van der Waals surface area contributed by atoms with E-state index in [2.05, 4.69) is 60.4 Å². The predicted molar refractivity (Wildman–Crippen MR) is 89.5 cm³/mol. The molecule has 120 valence electrons. The molecule has 0 radical (unpaired) electrons. The molecule has 1 aromatic rings. The standard InChI is InChI=1S/C15H30N6/c1-7-11(4)21(6)9-8-17-14-12(5)15(20-16)19-13(18-14)10(2)3/h10-11H,7-9,16H2,1-6H3,(H2,17,18,19,20). The first-order valence-corrected chi connectivity index (χ1v) is 7.69. The number of nitrogens with zero attached hydrogens (tertiary/aromatic N) is 3. The molecule has 0 saturated heterocycles. The number of aromatic nitrogens is 2. The van der Waals surface area contributed by atoms with Crippen molar-refractivity contribution in [2.24, 2.45) is 5.84 Å². The first-order valence-electron chi connectivity index (χ1n) is 7.69. The maximum atomic E-state index is 5.55. The van der Waals surface area contributed by atoms with Gasteiger partial charge >= 0.3 is 0 Å². The Kier molecular flexibility index (Phi) is 6.84. The van der Waals surface area contributed by atoms with E-state index in [1.165, 1.54) is 0 Å². The van der Waals surface area contributed by atoms with Crippen LogP contribution < -0.4 is 16.6 Å². The summed E-state index contributed by atoms with van der Waals surface area (Å²) in [5.74, 6) is 8.16. The van der Waals surface area contributed by atoms with Gasteiger partial charge in [-0.25, -0.2) is 15.8 Å². The molecule has 0 fully saturated rings. The zero-order valence-electron chi connectivity index (χ0n) is 14.2. The molecule has 0 aromatic carbocycles. The van der Waals surface area contributed by atoms with Gasteiger partial charge in [-0.05, 0) is 27.3 Å². The molecule has 0 spiro atoms. The normalized spacial score (nSPS) is 12.8. The molecule has 1 aromatic heterocycles. The Hall–Kier alpha value is -1.40. The van der Waals surface area contributed by atoms with Crippen molar-refractivity contribution in [3.8, 4) is 0 Å². The number of hydrogen-bond donors (Lipinski definition) is 3. The Morgan fingerprint density at radius 1 is 1.19 bits per heavy atom. The van der Waals surface area contributed by atoms with E-state index in [9.17, 15) is 0 Å². The smallest absolute Gasteiger partial charge is 0.148 e. The number of nitrogen functional groups attached to an aromatic ring is 1. The van der Waals surface area contributed by atoms with Crippen LogP contribution >= 0.6 is 0 Å². The van der Waals surface area contributed by atoms with Gasteiger partial charge in [0.25, 0.3) is 0 Å². The summed E-state index contributed by atoms with van der Waals surface area (Å²) in [5, 5.41) is 3.40. The highest BCUT2D eigenvalue weighted by Gasteiger charge is 2.13. The second-order valence-electron chi connectivity index (χ2n) is 5.87. The number of nitrogens with two attached hydrogens (primary N) is 1. The second kappa shape index (κ2) is 8.14. The Morgan fingerprint density at radius 3 is 2.33 bits per heavy atom. The summed E-state index contributed by atoms with van der Waals surface area (Å²) >= 11 is 0. The molecule has 6 nitrogen and oxygen atoms in total. The molecule has 1 rings (SSSR count). The molecule has 0 aliphatic carbocycles. The van der Waals surface area contributed by atoms with Gasteiger partial charge in [-0.1, -0.05) is 20.8 Å². The maximum Gasteiger partial charge on any atom is 0.148 e. The van der Waals surface area contributed by atoms with Crippen LogP contribution in [0, 0.1) is 6.92 Å². The molecule has 1 heterocycles. The van der Waals surface area contributed by atoms with E-state index in [4.69, 9.17) is 5.84 Å². The van der Waals surface area contributed by atoms with E-state index < -0.39 is 0 Å². The van der Waals surface area contributed by atoms with Crippen LogP contribution in [0.4, 0.5) is 11.6 Å². The molecule has 0 saturated carbocycles. The molecular weight excluding hydrogens is 264 g/mol. The van der Waals surface area contributed by atoms with Crippen molar-refractivity contribution in [1.82, 2.24) is 14.9 Å². The lowest BCUT2D eigenvalue weighted by Gasteiger charge is -2.24. The molecule has 6 heteroatoms. The summed E-state index contributed by atoms with van der Waals surface area (Å²) in [6.45, 7) is 12.4. The largest absolute Gasteiger partial charge is 0.368 e. The molecule has 21 heavy (non-hydrogen) atoms. The number of nitrogens with one attached hydrogen (secondary N) is 2. The average Bonchev–Trinajstić information content (AvgIpc) is 2.47. The third-order valence-electron chi connectivity index (χ3n) is 3.92. The third kappa shape index (κ3) is 4.82. The van der Waals surface area contributed by atoms with Crippen LogP contribution in [0.1, 0.15) is 51.4 Å². The zero-order chi connectivity index (χ0) is 16.0. The number of anilines is 2. The molecule has 0 amide bonds. The summed E-state index contributed by atoms with van der Waals surface area (Å²) in [7, 11) is 2.15. The minimum atomic E-state index is 0.265. The van der Waals surface area contributed by atoms with Gasteiger partial charge in [0.05, 0.1) is 0 Å². The average molecular weight is 294 g/mol. The van der Waals surface area contributed by atoms with Crippen LogP contribution in [-0.2, 0) is 0 Å². The van der Waals surface area contributed by atoms with Crippen molar-refractivity contribution >= 4 is 11.6 Å². The highest BCUT2D eigenvalue weighted by atomic mass is 15.3. The number of likely N-dealkylation sites (N-methyl/N-ethyl adjacent to an activating group) is 1. The summed E-state index contributed by atoms with van der Waals surface area (Å²) < 4.78 is 0. The monoisotopic (exact) mass is 294 g/mol. The molecule has 1 atom stereocenters. The maximum absolute atomic E-state index is 5.55. The van der Waals surface area contributed by atoms with Gasteiger partial charge in [0.2, 0.25) is 0 Å². The van der Waals surface area contributed by atoms with Gasteiger partial charge in [-0.15, -0.1) is 0 Å². The fourth-order valence-electron chi connectivity index (χ4n) is 1.99. The van der Waals surface area contributed by atoms with E-state index in [1.54, 1.807) is 0 Å². The fourth-order valence-corrected chi connectivity index (χ4v) is 1.99. The van der Waals surface area contributed by atoms with E-state index in [1.807, 2.05) is 6.92 Å². The lowest BCUT2D eigenvalue weighted by Crippen LogP contribution is -2.33. The van der Waals surface area contributed by atoms with Gasteiger partial charge in [-0.3, -0.25) is 0 Å². The number of rotatable bonds is 8. The highest BCUT2D eigenvalue weighted by Crippen LogP contribution is 2.22. The van der Waals surface area contributed by atoms with Gasteiger partial charge in [-0.2, -0.15) is 0 Å². The Bertz CT molecular complexity index is 446. The van der Waals surface area contributed by atoms with E-state index >= 15 is 0 Å². The van der Waals surface area contributed by atoms with Crippen LogP contribution in [0.15, 0.2) is 0 Å². The van der Waals surface area contributed by atoms with Crippen molar-refractivity contribution in [2.45, 2.75) is 53.0 Å². The van der Waals surface area contributed by atoms with Crippen LogP contribution in [0.3, 0.4) is 0 Å². The second-order valence-corrected chi connectivity index (χ2v) is 5.87. The predicted octanol–water partition coefficient (Wildman–Crippen LogP) is 2.34. The lowest BCUT2D eigenvalue weighted by atomic mass is 10.2. The van der Waals surface area contributed by atoms with Crippen molar-refractivity contribution in [1.29, 1.82) is 0 Å². The van der Waals surface area contributed by atoms with Crippen LogP contribution in [0.25, 0.3) is 0 Å². The van der Waals surface area contributed by atoms with E-state index in [0.29, 0.717) is 11.9 Å². The van der Waals surface area contributed by atoms with Crippen molar-refractivity contribution < 1.29 is 0 Å². The van der Waals surface area contributed by atoms with Crippen molar-refractivity contribution in [2.75, 3.05) is 30.9 Å². The van der Waals surface area contributed by atoms with Gasteiger partial charge in [0, 0.05) is 30.6 Å². The van der Waals surface area contributed by atoms with Crippen molar-refractivity contribution in [3.05, 3.63) is 11.4 Å². The summed E-state index contributed by atoms with van der Waals surface area (Å²) in [4.78, 5) is 11.4. The van der Waals surface area contributed by atoms with Gasteiger partial charge < -0.3 is 15.6 Å². The number of hydrogen-bond acceptors (Lipinski definition) is 6. The zero-order valence-corrected chi connectivity index (χ0v) is 14.2. The molecular formula is C15H30N6. The number of hydrazine groups is 1. The molecule has 4 N–H and O–H groups in total. The third-order valence-corrected chi connectivity index (χ3v) is 3.92. The van der Waals surface area contributed by atoms with Crippen LogP contribution in [-0.4, -0.2) is 41.0 Å². The Balaban J connectivity index is 2.76. The molecule has 1 unspecified atom stereocenters. The van der Waals surface area contributed by atoms with Gasteiger partial charge in [0.15, 0.2) is 0 Å². The quantitative estimate of drug-likeness (QED) is 0.504. The SMILES string of the molecule is CCC(C)N(C)CCNc1nc(C(C)C)nc(NN)c1C. The first kappa shape index (κ1) is 17.7. The molecule has 0 bridgehead atoms. The van der Waals surface area contributed by atoms with Crippen molar-refractivity contribution in [3.63, 3.8) is 0 Å². The Labute approximate surface area is 128 Å². The van der Waals surface area contributed by atoms with Gasteiger partial charge in [0.1, 0.15) is 17.5 Å². The van der Waals surface area contributed by atoms with Crippen LogP contribution in [0.2, 0.25) is 0 Å². The fraction of sp³-hybridized carbons (Fsp3) is 0.733.